The van der Waals surface area contributed by atoms with Gasteiger partial charge >= 0.3 is 6.18 Å². The second-order valence-electron chi connectivity index (χ2n) is 4.29. The minimum atomic E-state index is -4.95. The first-order chi connectivity index (χ1) is 11.1. The number of ether oxygens (including phenoxy) is 1. The summed E-state index contributed by atoms with van der Waals surface area (Å²) in [5, 5.41) is 3.10. The van der Waals surface area contributed by atoms with E-state index in [0.29, 0.717) is 0 Å². The predicted octanol–water partition coefficient (Wildman–Crippen LogP) is 6.62. The molecular weight excluding hydrogens is 408 g/mol. The van der Waals surface area contributed by atoms with Crippen LogP contribution in [0.5, 0.6) is 11.5 Å². The van der Waals surface area contributed by atoms with E-state index in [4.69, 9.17) is 10.3 Å². The number of alkyl halides is 3. The van der Waals surface area contributed by atoms with Crippen LogP contribution in [0.3, 0.4) is 0 Å². The average Bonchev–Trinajstić information content (AvgIpc) is 2.44. The number of hydrogen-bond acceptors (Lipinski definition) is 2. The first-order valence-corrected chi connectivity index (χ1v) is 6.71. The van der Waals surface area contributed by atoms with Crippen molar-refractivity contribution in [3.63, 3.8) is 0 Å². The van der Waals surface area contributed by atoms with E-state index in [1.54, 1.807) is 0 Å². The van der Waals surface area contributed by atoms with E-state index in [-0.39, 0.29) is 16.6 Å². The second-order valence-corrected chi connectivity index (χ2v) is 5.15. The highest BCUT2D eigenvalue weighted by atomic mass is 79.9. The molecule has 24 heavy (non-hydrogen) atoms. The zero-order chi connectivity index (χ0) is 18.1. The Labute approximate surface area is 138 Å². The van der Waals surface area contributed by atoms with Crippen LogP contribution in [0.2, 0.25) is 0 Å². The Bertz CT molecular complexity index is 825. The van der Waals surface area contributed by atoms with E-state index in [2.05, 4.69) is 26.0 Å². The molecule has 0 N–H and O–H groups in total. The molecule has 0 atom stereocenters. The zero-order valence-electron chi connectivity index (χ0n) is 11.2. The monoisotopic (exact) mass is 411 g/mol. The maximum Gasteiger partial charge on any atom is 0.416 e. The number of hydrogen-bond donors (Lipinski definition) is 0. The fraction of sp³-hybridized carbons (Fsp3) is 0.0769. The first kappa shape index (κ1) is 18.0. The summed E-state index contributed by atoms with van der Waals surface area (Å²) in [6, 6.07) is 1.66. The van der Waals surface area contributed by atoms with Crippen molar-refractivity contribution >= 4 is 21.6 Å². The molecule has 11 heteroatoms. The Morgan fingerprint density at radius 1 is 1.00 bits per heavy atom. The number of benzene rings is 2. The smallest absolute Gasteiger partial charge is 0.416 e. The largest absolute Gasteiger partial charge is 0.449 e. The van der Waals surface area contributed by atoms with Gasteiger partial charge in [-0.1, -0.05) is 5.11 Å². The summed E-state index contributed by atoms with van der Waals surface area (Å²) in [4.78, 5) is 2.40. The third kappa shape index (κ3) is 3.74. The molecule has 2 aromatic carbocycles. The lowest BCUT2D eigenvalue weighted by Gasteiger charge is -2.14. The maximum atomic E-state index is 13.8. The summed E-state index contributed by atoms with van der Waals surface area (Å²) in [6.07, 6.45) is -4.95. The van der Waals surface area contributed by atoms with Crippen molar-refractivity contribution in [2.75, 3.05) is 0 Å². The van der Waals surface area contributed by atoms with Crippen molar-refractivity contribution in [1.82, 2.24) is 0 Å². The standard InChI is InChI=1S/C13H4BrF6N3O/c14-7-3-6(15)4-10(22-23-21)11(7)24-12-8(16)1-5(2-9(12)17)13(18,19)20/h1-4H. The highest BCUT2D eigenvalue weighted by Gasteiger charge is 2.33. The molecule has 0 aliphatic carbocycles. The third-order valence-electron chi connectivity index (χ3n) is 2.67. The van der Waals surface area contributed by atoms with Gasteiger partial charge in [0.1, 0.15) is 5.82 Å². The van der Waals surface area contributed by atoms with Crippen LogP contribution in [0.25, 0.3) is 10.4 Å². The lowest BCUT2D eigenvalue weighted by atomic mass is 10.2. The maximum absolute atomic E-state index is 13.8. The van der Waals surface area contributed by atoms with Gasteiger partial charge in [-0.2, -0.15) is 13.2 Å². The number of halogens is 7. The van der Waals surface area contributed by atoms with Crippen LogP contribution in [0.4, 0.5) is 32.0 Å². The van der Waals surface area contributed by atoms with Gasteiger partial charge in [0, 0.05) is 4.91 Å². The van der Waals surface area contributed by atoms with Crippen LogP contribution in [0.15, 0.2) is 33.9 Å². The molecular formula is C13H4BrF6N3O. The molecule has 0 saturated carbocycles. The molecule has 0 unspecified atom stereocenters. The van der Waals surface area contributed by atoms with Crippen molar-refractivity contribution in [2.24, 2.45) is 5.11 Å². The lowest BCUT2D eigenvalue weighted by molar-refractivity contribution is -0.138. The van der Waals surface area contributed by atoms with E-state index in [1.807, 2.05) is 0 Å². The highest BCUT2D eigenvalue weighted by molar-refractivity contribution is 9.10. The number of rotatable bonds is 3. The van der Waals surface area contributed by atoms with Gasteiger partial charge in [0.05, 0.1) is 15.7 Å². The zero-order valence-corrected chi connectivity index (χ0v) is 12.8. The molecule has 0 radical (unpaired) electrons. The molecule has 0 spiro atoms. The molecule has 0 saturated heterocycles. The minimum absolute atomic E-state index is 0.0447. The molecule has 0 amide bonds. The van der Waals surface area contributed by atoms with Gasteiger partial charge < -0.3 is 4.74 Å². The highest BCUT2D eigenvalue weighted by Crippen LogP contribution is 2.42. The van der Waals surface area contributed by atoms with Gasteiger partial charge in [0.2, 0.25) is 0 Å². The van der Waals surface area contributed by atoms with E-state index in [1.165, 1.54) is 0 Å². The minimum Gasteiger partial charge on any atom is -0.449 e. The van der Waals surface area contributed by atoms with Crippen LogP contribution < -0.4 is 4.74 Å². The van der Waals surface area contributed by atoms with E-state index in [9.17, 15) is 26.3 Å². The topological polar surface area (TPSA) is 58.0 Å². The SMILES string of the molecule is [N-]=[N+]=Nc1cc(F)cc(Br)c1Oc1c(F)cc(C(F)(F)F)cc1F. The number of azide groups is 1. The average molecular weight is 412 g/mol. The fourth-order valence-electron chi connectivity index (χ4n) is 1.69. The van der Waals surface area contributed by atoms with Gasteiger partial charge in [-0.15, -0.1) is 0 Å². The summed E-state index contributed by atoms with van der Waals surface area (Å²) in [5.74, 6) is -5.74. The number of nitrogens with zero attached hydrogens (tertiary/aromatic N) is 3. The van der Waals surface area contributed by atoms with Gasteiger partial charge in [0.15, 0.2) is 23.1 Å². The summed E-state index contributed by atoms with van der Waals surface area (Å²) in [6.45, 7) is 0. The quantitative estimate of drug-likeness (QED) is 0.242. The first-order valence-electron chi connectivity index (χ1n) is 5.91. The van der Waals surface area contributed by atoms with Crippen molar-refractivity contribution in [3.8, 4) is 11.5 Å². The summed E-state index contributed by atoms with van der Waals surface area (Å²) in [5.41, 5.74) is 6.42. The van der Waals surface area contributed by atoms with Crippen molar-refractivity contribution in [1.29, 1.82) is 0 Å². The van der Waals surface area contributed by atoms with Crippen LogP contribution in [0, 0.1) is 17.5 Å². The summed E-state index contributed by atoms with van der Waals surface area (Å²) in [7, 11) is 0. The van der Waals surface area contributed by atoms with E-state index < -0.39 is 46.4 Å². The van der Waals surface area contributed by atoms with Crippen molar-refractivity contribution < 1.29 is 31.1 Å². The Morgan fingerprint density at radius 3 is 2.08 bits per heavy atom. The Balaban J connectivity index is 2.55. The Morgan fingerprint density at radius 2 is 1.58 bits per heavy atom. The molecule has 0 aromatic heterocycles. The van der Waals surface area contributed by atoms with Gasteiger partial charge in [-0.05, 0) is 45.7 Å². The van der Waals surface area contributed by atoms with E-state index in [0.717, 1.165) is 12.1 Å². The predicted molar refractivity (Wildman–Crippen MR) is 74.3 cm³/mol. The summed E-state index contributed by atoms with van der Waals surface area (Å²) >= 11 is 2.85. The molecule has 0 heterocycles. The van der Waals surface area contributed by atoms with Gasteiger partial charge in [-0.25, -0.2) is 13.2 Å². The van der Waals surface area contributed by atoms with Crippen molar-refractivity contribution in [2.45, 2.75) is 6.18 Å². The molecule has 0 aliphatic rings. The fourth-order valence-corrected chi connectivity index (χ4v) is 2.20. The summed E-state index contributed by atoms with van der Waals surface area (Å²) < 4.78 is 83.1. The lowest BCUT2D eigenvalue weighted by Crippen LogP contribution is -2.07. The van der Waals surface area contributed by atoms with Crippen LogP contribution in [-0.2, 0) is 6.18 Å². The second kappa shape index (κ2) is 6.62. The van der Waals surface area contributed by atoms with Crippen molar-refractivity contribution in [3.05, 3.63) is 62.2 Å². The van der Waals surface area contributed by atoms with Gasteiger partial charge in [0.25, 0.3) is 0 Å². The normalized spacial score (nSPS) is 11.1. The Kier molecular flexibility index (Phi) is 4.95. The van der Waals surface area contributed by atoms with Crippen LogP contribution in [-0.4, -0.2) is 0 Å². The molecule has 126 valence electrons. The van der Waals surface area contributed by atoms with Gasteiger partial charge in [-0.3, -0.25) is 0 Å². The molecule has 0 aliphatic heterocycles. The Hall–Kier alpha value is -2.39. The van der Waals surface area contributed by atoms with E-state index >= 15 is 0 Å². The molecule has 2 aromatic rings. The third-order valence-corrected chi connectivity index (χ3v) is 3.26. The van der Waals surface area contributed by atoms with Crippen LogP contribution in [0.1, 0.15) is 5.56 Å². The molecule has 0 fully saturated rings. The molecule has 2 rings (SSSR count). The molecule has 4 nitrogen and oxygen atoms in total. The van der Waals surface area contributed by atoms with Crippen LogP contribution >= 0.6 is 15.9 Å². The molecule has 0 bridgehead atoms.